The van der Waals surface area contributed by atoms with E-state index in [-0.39, 0.29) is 0 Å². The fraction of sp³-hybridized carbons (Fsp3) is 0.545. The predicted octanol–water partition coefficient (Wildman–Crippen LogP) is 2.43. The second-order valence-electron chi connectivity index (χ2n) is 4.54. The van der Waals surface area contributed by atoms with E-state index in [1.807, 2.05) is 12.1 Å². The fourth-order valence-corrected chi connectivity index (χ4v) is 2.45. The number of nitrogens with zero attached hydrogens (tertiary/aromatic N) is 1. The van der Waals surface area contributed by atoms with Crippen LogP contribution in [0.5, 0.6) is 0 Å². The quantitative estimate of drug-likeness (QED) is 0.815. The second kappa shape index (κ2) is 3.21. The highest BCUT2D eigenvalue weighted by Crippen LogP contribution is 2.63. The summed E-state index contributed by atoms with van der Waals surface area (Å²) in [6.45, 7) is 5.22. The van der Waals surface area contributed by atoms with Gasteiger partial charge in [-0.25, -0.2) is 0 Å². The van der Waals surface area contributed by atoms with Crippen LogP contribution in [0, 0.1) is 11.3 Å². The molecular formula is C11H15ClN2. The highest BCUT2D eigenvalue weighted by Gasteiger charge is 2.57. The van der Waals surface area contributed by atoms with Crippen LogP contribution in [-0.2, 0) is 0 Å². The molecule has 0 spiro atoms. The summed E-state index contributed by atoms with van der Waals surface area (Å²) in [5.74, 6) is 1.07. The van der Waals surface area contributed by atoms with Crippen LogP contribution >= 0.6 is 11.6 Å². The molecule has 0 bridgehead atoms. The van der Waals surface area contributed by atoms with Crippen molar-refractivity contribution in [3.63, 3.8) is 0 Å². The molecule has 1 aliphatic carbocycles. The standard InChI is InChI=1S/C11H15ClN2/c1-11(2)8(5-13)10(11)9-4-3-7(12)6-14-9/h3-4,6,8,10H,5,13H2,1-2H3. The number of hydrogen-bond donors (Lipinski definition) is 1. The Hall–Kier alpha value is -0.600. The van der Waals surface area contributed by atoms with Crippen molar-refractivity contribution in [1.29, 1.82) is 0 Å². The van der Waals surface area contributed by atoms with Gasteiger partial charge in [0.2, 0.25) is 0 Å². The van der Waals surface area contributed by atoms with E-state index in [1.54, 1.807) is 6.20 Å². The molecule has 0 aliphatic heterocycles. The van der Waals surface area contributed by atoms with Gasteiger partial charge in [-0.3, -0.25) is 4.98 Å². The highest BCUT2D eigenvalue weighted by atomic mass is 35.5. The molecule has 2 unspecified atom stereocenters. The molecule has 0 aromatic carbocycles. The minimum absolute atomic E-state index is 0.301. The Morgan fingerprint density at radius 2 is 2.21 bits per heavy atom. The molecule has 14 heavy (non-hydrogen) atoms. The van der Waals surface area contributed by atoms with E-state index < -0.39 is 0 Å². The van der Waals surface area contributed by atoms with Gasteiger partial charge in [-0.05, 0) is 30.0 Å². The molecule has 2 N–H and O–H groups in total. The van der Waals surface area contributed by atoms with Gasteiger partial charge in [0.15, 0.2) is 0 Å². The molecule has 1 heterocycles. The van der Waals surface area contributed by atoms with Gasteiger partial charge in [-0.15, -0.1) is 0 Å². The maximum Gasteiger partial charge on any atom is 0.0589 e. The normalized spacial score (nSPS) is 28.9. The zero-order valence-electron chi connectivity index (χ0n) is 8.50. The van der Waals surface area contributed by atoms with E-state index in [4.69, 9.17) is 17.3 Å². The fourth-order valence-electron chi connectivity index (χ4n) is 2.34. The van der Waals surface area contributed by atoms with Crippen LogP contribution in [0.25, 0.3) is 0 Å². The van der Waals surface area contributed by atoms with Crippen molar-refractivity contribution in [3.8, 4) is 0 Å². The number of aromatic nitrogens is 1. The first-order chi connectivity index (χ1) is 6.57. The average Bonchev–Trinajstić information content (AvgIpc) is 2.69. The van der Waals surface area contributed by atoms with Gasteiger partial charge in [0.05, 0.1) is 5.02 Å². The molecule has 1 aliphatic rings. The first-order valence-electron chi connectivity index (χ1n) is 4.89. The summed E-state index contributed by atoms with van der Waals surface area (Å²) >= 11 is 5.79. The van der Waals surface area contributed by atoms with Crippen molar-refractivity contribution >= 4 is 11.6 Å². The van der Waals surface area contributed by atoms with Gasteiger partial charge >= 0.3 is 0 Å². The summed E-state index contributed by atoms with van der Waals surface area (Å²) in [6, 6.07) is 3.90. The molecule has 0 radical (unpaired) electrons. The minimum Gasteiger partial charge on any atom is -0.330 e. The number of pyridine rings is 1. The van der Waals surface area contributed by atoms with Crippen LogP contribution in [-0.4, -0.2) is 11.5 Å². The monoisotopic (exact) mass is 210 g/mol. The Morgan fingerprint density at radius 1 is 1.50 bits per heavy atom. The number of nitrogens with two attached hydrogens (primary N) is 1. The van der Waals surface area contributed by atoms with Crippen molar-refractivity contribution in [2.75, 3.05) is 6.54 Å². The highest BCUT2D eigenvalue weighted by molar-refractivity contribution is 6.30. The van der Waals surface area contributed by atoms with Crippen molar-refractivity contribution < 1.29 is 0 Å². The lowest BCUT2D eigenvalue weighted by molar-refractivity contribution is 0.557. The summed E-state index contributed by atoms with van der Waals surface area (Å²) in [5.41, 5.74) is 7.13. The third-order valence-corrected chi connectivity index (χ3v) is 3.60. The lowest BCUT2D eigenvalue weighted by Crippen LogP contribution is -2.05. The number of hydrogen-bond acceptors (Lipinski definition) is 2. The van der Waals surface area contributed by atoms with Crippen LogP contribution in [0.2, 0.25) is 5.02 Å². The van der Waals surface area contributed by atoms with Crippen molar-refractivity contribution in [2.24, 2.45) is 17.1 Å². The van der Waals surface area contributed by atoms with Gasteiger partial charge in [-0.1, -0.05) is 25.4 Å². The number of rotatable bonds is 2. The molecule has 1 aromatic rings. The average molecular weight is 211 g/mol. The zero-order valence-corrected chi connectivity index (χ0v) is 9.25. The van der Waals surface area contributed by atoms with Gasteiger partial charge in [0.1, 0.15) is 0 Å². The van der Waals surface area contributed by atoms with E-state index in [0.29, 0.717) is 22.3 Å². The van der Waals surface area contributed by atoms with Crippen molar-refractivity contribution in [2.45, 2.75) is 19.8 Å². The lowest BCUT2D eigenvalue weighted by atomic mass is 10.1. The third kappa shape index (κ3) is 1.43. The van der Waals surface area contributed by atoms with E-state index in [9.17, 15) is 0 Å². The van der Waals surface area contributed by atoms with Crippen LogP contribution in [0.4, 0.5) is 0 Å². The second-order valence-corrected chi connectivity index (χ2v) is 4.98. The first-order valence-corrected chi connectivity index (χ1v) is 5.26. The molecule has 0 saturated heterocycles. The summed E-state index contributed by atoms with van der Waals surface area (Å²) in [6.07, 6.45) is 1.71. The SMILES string of the molecule is CC1(C)C(CN)C1c1ccc(Cl)cn1. The minimum atomic E-state index is 0.301. The van der Waals surface area contributed by atoms with Crippen molar-refractivity contribution in [1.82, 2.24) is 4.98 Å². The van der Waals surface area contributed by atoms with Crippen LogP contribution in [0.3, 0.4) is 0 Å². The Balaban J connectivity index is 2.22. The molecule has 1 aromatic heterocycles. The van der Waals surface area contributed by atoms with Gasteiger partial charge in [0, 0.05) is 17.8 Å². The van der Waals surface area contributed by atoms with Crippen molar-refractivity contribution in [3.05, 3.63) is 29.0 Å². The van der Waals surface area contributed by atoms with Crippen LogP contribution in [0.15, 0.2) is 18.3 Å². The van der Waals surface area contributed by atoms with E-state index in [0.717, 1.165) is 12.2 Å². The maximum absolute atomic E-state index is 5.79. The van der Waals surface area contributed by atoms with Crippen LogP contribution in [0.1, 0.15) is 25.5 Å². The summed E-state index contributed by atoms with van der Waals surface area (Å²) in [4.78, 5) is 4.35. The first kappa shape index (κ1) is 9.94. The molecule has 0 amide bonds. The molecule has 76 valence electrons. The largest absolute Gasteiger partial charge is 0.330 e. The molecule has 1 fully saturated rings. The van der Waals surface area contributed by atoms with Gasteiger partial charge < -0.3 is 5.73 Å². The topological polar surface area (TPSA) is 38.9 Å². The third-order valence-electron chi connectivity index (χ3n) is 3.37. The van der Waals surface area contributed by atoms with Gasteiger partial charge in [0.25, 0.3) is 0 Å². The molecule has 2 rings (SSSR count). The summed E-state index contributed by atoms with van der Waals surface area (Å²) < 4.78 is 0. The Bertz CT molecular complexity index is 332. The molecule has 3 heteroatoms. The summed E-state index contributed by atoms with van der Waals surface area (Å²) in [5, 5.41) is 0.691. The van der Waals surface area contributed by atoms with E-state index in [2.05, 4.69) is 18.8 Å². The maximum atomic E-state index is 5.79. The Kier molecular flexibility index (Phi) is 2.28. The molecular weight excluding hydrogens is 196 g/mol. The van der Waals surface area contributed by atoms with E-state index >= 15 is 0 Å². The molecule has 2 nitrogen and oxygen atoms in total. The van der Waals surface area contributed by atoms with E-state index in [1.165, 1.54) is 0 Å². The van der Waals surface area contributed by atoms with Crippen LogP contribution < -0.4 is 5.73 Å². The van der Waals surface area contributed by atoms with Gasteiger partial charge in [-0.2, -0.15) is 0 Å². The lowest BCUT2D eigenvalue weighted by Gasteiger charge is -2.01. The number of halogens is 1. The Morgan fingerprint density at radius 3 is 2.64 bits per heavy atom. The zero-order chi connectivity index (χ0) is 10.3. The summed E-state index contributed by atoms with van der Waals surface area (Å²) in [7, 11) is 0. The Labute approximate surface area is 89.5 Å². The molecule has 2 atom stereocenters. The predicted molar refractivity (Wildman–Crippen MR) is 58.3 cm³/mol. The molecule has 1 saturated carbocycles. The smallest absolute Gasteiger partial charge is 0.0589 e.